The van der Waals surface area contributed by atoms with Gasteiger partial charge < -0.3 is 15.4 Å². The number of nitrogens with one attached hydrogen (secondary N) is 2. The third-order valence-corrected chi connectivity index (χ3v) is 3.75. The number of rotatable bonds is 5. The van der Waals surface area contributed by atoms with Crippen LogP contribution in [0.1, 0.15) is 24.0 Å². The Morgan fingerprint density at radius 1 is 1.33 bits per heavy atom. The summed E-state index contributed by atoms with van der Waals surface area (Å²) in [7, 11) is 3.53. The lowest BCUT2D eigenvalue weighted by atomic mass is 10.1. The molecule has 2 rings (SSSR count). The number of ether oxygens (including phenoxy) is 1. The van der Waals surface area contributed by atoms with Crippen LogP contribution in [0.25, 0.3) is 0 Å². The average Bonchev–Trinajstić information content (AvgIpc) is 3.00. The lowest BCUT2D eigenvalue weighted by molar-refractivity contribution is 0.411. The van der Waals surface area contributed by atoms with Crippen LogP contribution < -0.4 is 15.4 Å². The molecule has 4 nitrogen and oxygen atoms in total. The Kier molecular flexibility index (Phi) is 5.67. The van der Waals surface area contributed by atoms with E-state index in [0.717, 1.165) is 37.5 Å². The highest BCUT2D eigenvalue weighted by atomic mass is 16.5. The van der Waals surface area contributed by atoms with Gasteiger partial charge in [-0.2, -0.15) is 0 Å². The molecule has 2 N–H and O–H groups in total. The van der Waals surface area contributed by atoms with Crippen LogP contribution in [0.2, 0.25) is 0 Å². The van der Waals surface area contributed by atoms with E-state index in [1.807, 2.05) is 7.05 Å². The minimum Gasteiger partial charge on any atom is -0.496 e. The summed E-state index contributed by atoms with van der Waals surface area (Å²) in [5, 5.41) is 6.80. The first kappa shape index (κ1) is 15.4. The molecule has 0 saturated heterocycles. The minimum atomic E-state index is 0.482. The van der Waals surface area contributed by atoms with Crippen LogP contribution in [-0.2, 0) is 6.42 Å². The maximum atomic E-state index is 5.36. The van der Waals surface area contributed by atoms with Gasteiger partial charge in [0.2, 0.25) is 0 Å². The second-order valence-corrected chi connectivity index (χ2v) is 5.34. The Morgan fingerprint density at radius 2 is 2.10 bits per heavy atom. The number of guanidine groups is 1. The van der Waals surface area contributed by atoms with Gasteiger partial charge in [0.05, 0.1) is 7.11 Å². The molecule has 1 aromatic rings. The largest absolute Gasteiger partial charge is 0.496 e. The molecule has 114 valence electrons. The highest BCUT2D eigenvalue weighted by molar-refractivity contribution is 5.80. The molecule has 0 unspecified atom stereocenters. The molecule has 0 fully saturated rings. The van der Waals surface area contributed by atoms with Crippen molar-refractivity contribution in [3.8, 4) is 5.75 Å². The number of hydrogen-bond acceptors (Lipinski definition) is 2. The minimum absolute atomic E-state index is 0.482. The number of nitrogens with zero attached hydrogens (tertiary/aromatic N) is 1. The summed E-state index contributed by atoms with van der Waals surface area (Å²) >= 11 is 0. The standard InChI is InChI=1S/C17H25N3O/c1-13-8-9-14(12-16(13)21-3)10-11-19-17(18-2)20-15-6-4-5-7-15/h4-5,8-9,12,15H,6-7,10-11H2,1-3H3,(H2,18,19,20). The topological polar surface area (TPSA) is 45.7 Å². The Hall–Kier alpha value is -1.97. The fraction of sp³-hybridized carbons (Fsp3) is 0.471. The van der Waals surface area contributed by atoms with Gasteiger partial charge in [-0.1, -0.05) is 24.3 Å². The van der Waals surface area contributed by atoms with Crippen LogP contribution in [-0.4, -0.2) is 32.7 Å². The Balaban J connectivity index is 1.79. The van der Waals surface area contributed by atoms with Crippen LogP contribution in [0.5, 0.6) is 5.75 Å². The van der Waals surface area contributed by atoms with E-state index in [1.54, 1.807) is 7.11 Å². The van der Waals surface area contributed by atoms with Crippen molar-refractivity contribution in [3.63, 3.8) is 0 Å². The lowest BCUT2D eigenvalue weighted by Crippen LogP contribution is -2.43. The van der Waals surface area contributed by atoms with E-state index >= 15 is 0 Å². The molecule has 0 atom stereocenters. The molecule has 1 aromatic carbocycles. The Morgan fingerprint density at radius 3 is 2.76 bits per heavy atom. The van der Waals surface area contributed by atoms with Crippen molar-refractivity contribution in [1.29, 1.82) is 0 Å². The molecule has 0 aromatic heterocycles. The highest BCUT2D eigenvalue weighted by Crippen LogP contribution is 2.19. The molecule has 0 bridgehead atoms. The monoisotopic (exact) mass is 287 g/mol. The zero-order chi connectivity index (χ0) is 15.1. The summed E-state index contributed by atoms with van der Waals surface area (Å²) in [6.07, 6.45) is 7.53. The van der Waals surface area contributed by atoms with Crippen LogP contribution in [0, 0.1) is 6.92 Å². The van der Waals surface area contributed by atoms with Crippen molar-refractivity contribution in [2.24, 2.45) is 4.99 Å². The summed E-state index contributed by atoms with van der Waals surface area (Å²) in [6.45, 7) is 2.91. The summed E-state index contributed by atoms with van der Waals surface area (Å²) in [5.74, 6) is 1.83. The number of methoxy groups -OCH3 is 1. The Bertz CT molecular complexity index is 515. The zero-order valence-electron chi connectivity index (χ0n) is 13.1. The predicted octanol–water partition coefficient (Wildman–Crippen LogP) is 2.43. The lowest BCUT2D eigenvalue weighted by Gasteiger charge is -2.17. The van der Waals surface area contributed by atoms with E-state index in [1.165, 1.54) is 11.1 Å². The van der Waals surface area contributed by atoms with Crippen LogP contribution in [0.4, 0.5) is 0 Å². The van der Waals surface area contributed by atoms with E-state index < -0.39 is 0 Å². The summed E-state index contributed by atoms with van der Waals surface area (Å²) in [4.78, 5) is 4.27. The molecule has 0 saturated carbocycles. The number of aliphatic imine (C=N–C) groups is 1. The fourth-order valence-electron chi connectivity index (χ4n) is 2.47. The van der Waals surface area contributed by atoms with Crippen molar-refractivity contribution < 1.29 is 4.74 Å². The summed E-state index contributed by atoms with van der Waals surface area (Å²) in [5.41, 5.74) is 2.43. The van der Waals surface area contributed by atoms with Gasteiger partial charge in [0.25, 0.3) is 0 Å². The first-order valence-corrected chi connectivity index (χ1v) is 7.48. The number of benzene rings is 1. The quantitative estimate of drug-likeness (QED) is 0.497. The van der Waals surface area contributed by atoms with Crippen molar-refractivity contribution in [3.05, 3.63) is 41.5 Å². The van der Waals surface area contributed by atoms with E-state index in [-0.39, 0.29) is 0 Å². The molecule has 0 spiro atoms. The van der Waals surface area contributed by atoms with Crippen molar-refractivity contribution in [2.75, 3.05) is 20.7 Å². The van der Waals surface area contributed by atoms with Gasteiger partial charge in [0, 0.05) is 19.6 Å². The molecule has 0 radical (unpaired) electrons. The zero-order valence-corrected chi connectivity index (χ0v) is 13.1. The van der Waals surface area contributed by atoms with Crippen LogP contribution >= 0.6 is 0 Å². The molecule has 0 heterocycles. The van der Waals surface area contributed by atoms with E-state index in [0.29, 0.717) is 6.04 Å². The van der Waals surface area contributed by atoms with Crippen LogP contribution in [0.15, 0.2) is 35.3 Å². The molecule has 0 aliphatic heterocycles. The molecule has 4 heteroatoms. The van der Waals surface area contributed by atoms with E-state index in [4.69, 9.17) is 4.74 Å². The second-order valence-electron chi connectivity index (χ2n) is 5.34. The van der Waals surface area contributed by atoms with Crippen molar-refractivity contribution >= 4 is 5.96 Å². The van der Waals surface area contributed by atoms with E-state index in [9.17, 15) is 0 Å². The molecular weight excluding hydrogens is 262 g/mol. The van der Waals surface area contributed by atoms with Crippen molar-refractivity contribution in [1.82, 2.24) is 10.6 Å². The average molecular weight is 287 g/mol. The number of aryl methyl sites for hydroxylation is 1. The third-order valence-electron chi connectivity index (χ3n) is 3.75. The predicted molar refractivity (Wildman–Crippen MR) is 88.1 cm³/mol. The molecule has 1 aliphatic carbocycles. The van der Waals surface area contributed by atoms with Gasteiger partial charge in [0.15, 0.2) is 5.96 Å². The van der Waals surface area contributed by atoms with Crippen LogP contribution in [0.3, 0.4) is 0 Å². The molecule has 1 aliphatic rings. The van der Waals surface area contributed by atoms with Gasteiger partial charge in [-0.25, -0.2) is 0 Å². The molecule has 0 amide bonds. The fourth-order valence-corrected chi connectivity index (χ4v) is 2.47. The number of hydrogen-bond donors (Lipinski definition) is 2. The highest BCUT2D eigenvalue weighted by Gasteiger charge is 2.11. The van der Waals surface area contributed by atoms with Gasteiger partial charge in [0.1, 0.15) is 5.75 Å². The normalized spacial score (nSPS) is 15.3. The molecule has 21 heavy (non-hydrogen) atoms. The smallest absolute Gasteiger partial charge is 0.191 e. The Labute approximate surface area is 127 Å². The SMILES string of the molecule is CN=C(NCCc1ccc(C)c(OC)c1)NC1CC=CC1. The molecular formula is C17H25N3O. The first-order valence-electron chi connectivity index (χ1n) is 7.48. The first-order chi connectivity index (χ1) is 10.2. The maximum absolute atomic E-state index is 5.36. The van der Waals surface area contributed by atoms with Gasteiger partial charge in [-0.15, -0.1) is 0 Å². The van der Waals surface area contributed by atoms with Crippen molar-refractivity contribution in [2.45, 2.75) is 32.2 Å². The van der Waals surface area contributed by atoms with E-state index in [2.05, 4.69) is 52.9 Å². The third kappa shape index (κ3) is 4.52. The van der Waals surface area contributed by atoms with Gasteiger partial charge in [-0.05, 0) is 43.4 Å². The van der Waals surface area contributed by atoms with Gasteiger partial charge >= 0.3 is 0 Å². The second kappa shape index (κ2) is 7.72. The summed E-state index contributed by atoms with van der Waals surface area (Å²) in [6, 6.07) is 6.84. The maximum Gasteiger partial charge on any atom is 0.191 e. The van der Waals surface area contributed by atoms with Gasteiger partial charge in [-0.3, -0.25) is 4.99 Å². The summed E-state index contributed by atoms with van der Waals surface area (Å²) < 4.78 is 5.36.